The molecule has 3 heterocycles. The van der Waals surface area contributed by atoms with E-state index >= 15 is 0 Å². The molecule has 1 atom stereocenters. The minimum atomic E-state index is -0.141. The Bertz CT molecular complexity index is 590. The summed E-state index contributed by atoms with van der Waals surface area (Å²) in [5, 5.41) is 8.72. The van der Waals surface area contributed by atoms with Gasteiger partial charge in [0, 0.05) is 19.2 Å². The number of thiophene rings is 1. The van der Waals surface area contributed by atoms with Gasteiger partial charge in [0.25, 0.3) is 0 Å². The Kier molecular flexibility index (Phi) is 5.20. The molecule has 0 saturated carbocycles. The van der Waals surface area contributed by atoms with E-state index in [4.69, 9.17) is 14.0 Å². The van der Waals surface area contributed by atoms with Crippen LogP contribution in [0.5, 0.6) is 0 Å². The molecule has 118 valence electrons. The summed E-state index contributed by atoms with van der Waals surface area (Å²) < 4.78 is 16.0. The first-order valence-electron chi connectivity index (χ1n) is 7.27. The minimum absolute atomic E-state index is 0.00785. The van der Waals surface area contributed by atoms with Crippen LogP contribution < -0.4 is 5.32 Å². The molecule has 1 aliphatic heterocycles. The van der Waals surface area contributed by atoms with E-state index in [1.165, 1.54) is 0 Å². The van der Waals surface area contributed by atoms with E-state index in [1.54, 1.807) is 11.3 Å². The van der Waals surface area contributed by atoms with Crippen molar-refractivity contribution >= 4 is 17.2 Å². The molecule has 22 heavy (non-hydrogen) atoms. The summed E-state index contributed by atoms with van der Waals surface area (Å²) in [7, 11) is 0. The van der Waals surface area contributed by atoms with Crippen LogP contribution in [-0.4, -0.2) is 36.9 Å². The summed E-state index contributed by atoms with van der Waals surface area (Å²) in [5.74, 6) is 0.578. The fraction of sp³-hybridized carbons (Fsp3) is 0.467. The zero-order valence-electron chi connectivity index (χ0n) is 12.1. The van der Waals surface area contributed by atoms with Crippen LogP contribution in [0.4, 0.5) is 0 Å². The predicted octanol–water partition coefficient (Wildman–Crippen LogP) is 2.21. The van der Waals surface area contributed by atoms with Crippen molar-refractivity contribution in [3.63, 3.8) is 0 Å². The monoisotopic (exact) mass is 322 g/mol. The van der Waals surface area contributed by atoms with E-state index in [9.17, 15) is 4.79 Å². The molecule has 2 aromatic heterocycles. The van der Waals surface area contributed by atoms with Gasteiger partial charge in [-0.25, -0.2) is 0 Å². The molecule has 1 fully saturated rings. The van der Waals surface area contributed by atoms with Crippen molar-refractivity contribution in [3.8, 4) is 10.6 Å². The third-order valence-corrected chi connectivity index (χ3v) is 4.24. The number of ether oxygens (including phenoxy) is 2. The molecule has 6 nitrogen and oxygen atoms in total. The molecule has 0 radical (unpaired) electrons. The second kappa shape index (κ2) is 7.53. The third kappa shape index (κ3) is 4.16. The van der Waals surface area contributed by atoms with Crippen LogP contribution in [0.25, 0.3) is 10.6 Å². The summed E-state index contributed by atoms with van der Waals surface area (Å²) >= 11 is 1.59. The minimum Gasteiger partial charge on any atom is -0.376 e. The van der Waals surface area contributed by atoms with Crippen molar-refractivity contribution < 1.29 is 18.8 Å². The molecule has 0 spiro atoms. The Morgan fingerprint density at radius 2 is 2.50 bits per heavy atom. The summed E-state index contributed by atoms with van der Waals surface area (Å²) in [6, 6.07) is 5.75. The van der Waals surface area contributed by atoms with E-state index in [1.807, 2.05) is 23.6 Å². The van der Waals surface area contributed by atoms with Crippen molar-refractivity contribution in [2.24, 2.45) is 0 Å². The van der Waals surface area contributed by atoms with Gasteiger partial charge in [-0.15, -0.1) is 11.3 Å². The van der Waals surface area contributed by atoms with Gasteiger partial charge in [-0.05, 0) is 24.3 Å². The molecule has 0 aromatic carbocycles. The number of amides is 1. The molecule has 7 heteroatoms. The van der Waals surface area contributed by atoms with Gasteiger partial charge < -0.3 is 19.3 Å². The molecule has 1 aliphatic rings. The van der Waals surface area contributed by atoms with Crippen LogP contribution in [0.15, 0.2) is 28.1 Å². The lowest BCUT2D eigenvalue weighted by atomic mass is 10.2. The van der Waals surface area contributed by atoms with Crippen molar-refractivity contribution in [1.29, 1.82) is 0 Å². The maximum absolute atomic E-state index is 11.6. The van der Waals surface area contributed by atoms with Crippen LogP contribution >= 0.6 is 11.3 Å². The Hall–Kier alpha value is -1.70. The SMILES string of the molecule is O=C(COCc1cc(-c2cccs2)on1)NC[C@@H]1CCCO1. The van der Waals surface area contributed by atoms with Crippen molar-refractivity contribution in [1.82, 2.24) is 10.5 Å². The number of nitrogens with one attached hydrogen (secondary N) is 1. The Balaban J connectivity index is 1.36. The number of hydrogen-bond donors (Lipinski definition) is 1. The fourth-order valence-electron chi connectivity index (χ4n) is 2.25. The van der Waals surface area contributed by atoms with Gasteiger partial charge in [0.1, 0.15) is 12.3 Å². The van der Waals surface area contributed by atoms with E-state index in [-0.39, 0.29) is 25.2 Å². The van der Waals surface area contributed by atoms with Crippen LogP contribution in [0.2, 0.25) is 0 Å². The Morgan fingerprint density at radius 1 is 1.55 bits per heavy atom. The summed E-state index contributed by atoms with van der Waals surface area (Å²) in [6.07, 6.45) is 2.22. The van der Waals surface area contributed by atoms with E-state index in [0.29, 0.717) is 12.2 Å². The maximum Gasteiger partial charge on any atom is 0.246 e. The van der Waals surface area contributed by atoms with Crippen molar-refractivity contribution in [3.05, 3.63) is 29.3 Å². The summed E-state index contributed by atoms with van der Waals surface area (Å²) in [6.45, 7) is 1.60. The molecule has 2 aromatic rings. The molecule has 0 bridgehead atoms. The molecule has 3 rings (SSSR count). The highest BCUT2D eigenvalue weighted by Crippen LogP contribution is 2.25. The number of carbonyl (C=O) groups excluding carboxylic acids is 1. The molecule has 1 amide bonds. The molecule has 1 N–H and O–H groups in total. The maximum atomic E-state index is 11.6. The van der Waals surface area contributed by atoms with Crippen LogP contribution in [-0.2, 0) is 20.9 Å². The van der Waals surface area contributed by atoms with Crippen LogP contribution in [0.3, 0.4) is 0 Å². The fourth-order valence-corrected chi connectivity index (χ4v) is 2.92. The highest BCUT2D eigenvalue weighted by atomic mass is 32.1. The first kappa shape index (κ1) is 15.2. The normalized spacial score (nSPS) is 17.7. The van der Waals surface area contributed by atoms with Gasteiger partial charge in [0.05, 0.1) is 17.6 Å². The zero-order chi connectivity index (χ0) is 15.2. The van der Waals surface area contributed by atoms with Crippen molar-refractivity contribution in [2.45, 2.75) is 25.6 Å². The average Bonchev–Trinajstić information content (AvgIpc) is 3.26. The Labute approximate surface area is 132 Å². The predicted molar refractivity (Wildman–Crippen MR) is 81.5 cm³/mol. The number of nitrogens with zero attached hydrogens (tertiary/aromatic N) is 1. The topological polar surface area (TPSA) is 73.6 Å². The van der Waals surface area contributed by atoms with Gasteiger partial charge in [0.15, 0.2) is 5.76 Å². The highest BCUT2D eigenvalue weighted by molar-refractivity contribution is 7.13. The van der Waals surface area contributed by atoms with Gasteiger partial charge >= 0.3 is 0 Å². The summed E-state index contributed by atoms with van der Waals surface area (Å²) in [5.41, 5.74) is 0.676. The first-order chi connectivity index (χ1) is 10.8. The zero-order valence-corrected chi connectivity index (χ0v) is 12.9. The third-order valence-electron chi connectivity index (χ3n) is 3.36. The molecule has 0 unspecified atom stereocenters. The van der Waals surface area contributed by atoms with E-state index in [2.05, 4.69) is 10.5 Å². The smallest absolute Gasteiger partial charge is 0.246 e. The first-order valence-corrected chi connectivity index (χ1v) is 8.15. The second-order valence-corrected chi connectivity index (χ2v) is 6.04. The molecule has 1 saturated heterocycles. The number of carbonyl (C=O) groups is 1. The number of rotatable bonds is 7. The highest BCUT2D eigenvalue weighted by Gasteiger charge is 2.16. The standard InChI is InChI=1S/C15H18N2O4S/c18-15(16-8-12-3-1-5-20-12)10-19-9-11-7-13(21-17-11)14-4-2-6-22-14/h2,4,6-7,12H,1,3,5,8-10H2,(H,16,18)/t12-/m0/s1. The average molecular weight is 322 g/mol. The number of hydrogen-bond acceptors (Lipinski definition) is 6. The molecule has 0 aliphatic carbocycles. The Morgan fingerprint density at radius 3 is 3.27 bits per heavy atom. The lowest BCUT2D eigenvalue weighted by molar-refractivity contribution is -0.126. The van der Waals surface area contributed by atoms with Crippen LogP contribution in [0, 0.1) is 0 Å². The molecular formula is C15H18N2O4S. The van der Waals surface area contributed by atoms with Crippen LogP contribution in [0.1, 0.15) is 18.5 Å². The van der Waals surface area contributed by atoms with Crippen molar-refractivity contribution in [2.75, 3.05) is 19.8 Å². The lowest BCUT2D eigenvalue weighted by Gasteiger charge is -2.10. The van der Waals surface area contributed by atoms with Gasteiger partial charge in [-0.3, -0.25) is 4.79 Å². The quantitative estimate of drug-likeness (QED) is 0.846. The van der Waals surface area contributed by atoms with E-state index < -0.39 is 0 Å². The largest absolute Gasteiger partial charge is 0.376 e. The summed E-state index contributed by atoms with van der Waals surface area (Å²) in [4.78, 5) is 12.7. The molecular weight excluding hydrogens is 304 g/mol. The van der Waals surface area contributed by atoms with Gasteiger partial charge in [0.2, 0.25) is 5.91 Å². The van der Waals surface area contributed by atoms with E-state index in [0.717, 1.165) is 30.1 Å². The van der Waals surface area contributed by atoms with Gasteiger partial charge in [-0.2, -0.15) is 0 Å². The lowest BCUT2D eigenvalue weighted by Crippen LogP contribution is -2.34. The second-order valence-electron chi connectivity index (χ2n) is 5.09. The number of aromatic nitrogens is 1. The van der Waals surface area contributed by atoms with Gasteiger partial charge in [-0.1, -0.05) is 11.2 Å².